The van der Waals surface area contributed by atoms with Crippen molar-refractivity contribution < 1.29 is 19.4 Å². The monoisotopic (exact) mass is 459 g/mol. The number of nitrogens with zero attached hydrogens (tertiary/aromatic N) is 1. The average Bonchev–Trinajstić information content (AvgIpc) is 2.82. The normalized spacial score (nSPS) is 15.6. The minimum absolute atomic E-state index is 0.0274. The lowest BCUT2D eigenvalue weighted by Crippen LogP contribution is -2.38. The van der Waals surface area contributed by atoms with E-state index in [-0.39, 0.29) is 23.1 Å². The minimum Gasteiger partial charge on any atom is -0.504 e. The Morgan fingerprint density at radius 3 is 2.26 bits per heavy atom. The number of ether oxygens (including phenoxy) is 2. The van der Waals surface area contributed by atoms with Crippen LogP contribution in [0.15, 0.2) is 54.6 Å². The molecule has 5 heteroatoms. The highest BCUT2D eigenvalue weighted by Gasteiger charge is 2.30. The maximum Gasteiger partial charge on any atom is 0.254 e. The summed E-state index contributed by atoms with van der Waals surface area (Å²) in [5.41, 5.74) is 5.90. The van der Waals surface area contributed by atoms with E-state index in [1.165, 1.54) is 12.7 Å². The second-order valence-corrected chi connectivity index (χ2v) is 9.89. The molecule has 0 spiro atoms. The molecular weight excluding hydrogens is 426 g/mol. The van der Waals surface area contributed by atoms with Crippen LogP contribution < -0.4 is 9.47 Å². The van der Waals surface area contributed by atoms with E-state index in [0.29, 0.717) is 24.3 Å². The van der Waals surface area contributed by atoms with Crippen molar-refractivity contribution in [2.75, 3.05) is 20.8 Å². The van der Waals surface area contributed by atoms with Crippen molar-refractivity contribution in [3.63, 3.8) is 0 Å². The maximum absolute atomic E-state index is 13.6. The number of carbonyl (C=O) groups excluding carboxylic acids is 1. The Morgan fingerprint density at radius 1 is 0.971 bits per heavy atom. The Morgan fingerprint density at radius 2 is 1.65 bits per heavy atom. The van der Waals surface area contributed by atoms with Crippen LogP contribution in [0.1, 0.15) is 60.8 Å². The summed E-state index contributed by atoms with van der Waals surface area (Å²) in [7, 11) is 3.18. The van der Waals surface area contributed by atoms with Gasteiger partial charge in [-0.15, -0.1) is 0 Å². The van der Waals surface area contributed by atoms with Crippen molar-refractivity contribution in [1.29, 1.82) is 0 Å². The fourth-order valence-corrected chi connectivity index (χ4v) is 4.66. The molecular formula is C29H33NO4. The van der Waals surface area contributed by atoms with Crippen LogP contribution in [0, 0.1) is 0 Å². The van der Waals surface area contributed by atoms with Gasteiger partial charge >= 0.3 is 0 Å². The summed E-state index contributed by atoms with van der Waals surface area (Å²) in [6.07, 6.45) is 0.681. The molecule has 178 valence electrons. The summed E-state index contributed by atoms with van der Waals surface area (Å²) < 4.78 is 10.9. The predicted molar refractivity (Wildman–Crippen MR) is 135 cm³/mol. The van der Waals surface area contributed by atoms with Gasteiger partial charge in [0.2, 0.25) is 0 Å². The predicted octanol–water partition coefficient (Wildman–Crippen LogP) is 6.13. The molecule has 1 unspecified atom stereocenters. The molecule has 0 aromatic heterocycles. The molecule has 1 atom stereocenters. The van der Waals surface area contributed by atoms with Gasteiger partial charge in [-0.3, -0.25) is 4.79 Å². The molecule has 34 heavy (non-hydrogen) atoms. The topological polar surface area (TPSA) is 59.0 Å². The van der Waals surface area contributed by atoms with E-state index in [1.54, 1.807) is 13.2 Å². The number of phenols is 1. The fraction of sp³-hybridized carbons (Fsp3) is 0.345. The summed E-state index contributed by atoms with van der Waals surface area (Å²) >= 11 is 0. The van der Waals surface area contributed by atoms with Gasteiger partial charge in [0.1, 0.15) is 5.75 Å². The van der Waals surface area contributed by atoms with Crippen LogP contribution in [0.2, 0.25) is 0 Å². The highest BCUT2D eigenvalue weighted by molar-refractivity contribution is 5.96. The number of hydrogen-bond donors (Lipinski definition) is 1. The SMILES string of the molecule is COc1cc2c(cc1O)CCN(C(=O)c1ccc(OC)c(-c3ccc(C(C)(C)C)cc3)c1)C2C. The van der Waals surface area contributed by atoms with Gasteiger partial charge in [0.15, 0.2) is 11.5 Å². The van der Waals surface area contributed by atoms with Crippen LogP contribution in [0.25, 0.3) is 11.1 Å². The summed E-state index contributed by atoms with van der Waals surface area (Å²) in [6.45, 7) is 9.17. The summed E-state index contributed by atoms with van der Waals surface area (Å²) in [6, 6.07) is 17.5. The van der Waals surface area contributed by atoms with Crippen LogP contribution in [-0.2, 0) is 11.8 Å². The van der Waals surface area contributed by atoms with Gasteiger partial charge in [0.05, 0.1) is 20.3 Å². The number of rotatable bonds is 4. The number of methoxy groups -OCH3 is 2. The van der Waals surface area contributed by atoms with Crippen LogP contribution in [0.5, 0.6) is 17.2 Å². The van der Waals surface area contributed by atoms with E-state index < -0.39 is 0 Å². The molecule has 1 N–H and O–H groups in total. The van der Waals surface area contributed by atoms with Crippen molar-refractivity contribution in [2.24, 2.45) is 0 Å². The highest BCUT2D eigenvalue weighted by atomic mass is 16.5. The van der Waals surface area contributed by atoms with Crippen molar-refractivity contribution in [3.8, 4) is 28.4 Å². The number of fused-ring (bicyclic) bond motifs is 1. The first-order chi connectivity index (χ1) is 16.1. The number of carbonyl (C=O) groups is 1. The third kappa shape index (κ3) is 4.35. The van der Waals surface area contributed by atoms with Gasteiger partial charge in [-0.2, -0.15) is 0 Å². The maximum atomic E-state index is 13.6. The van der Waals surface area contributed by atoms with E-state index >= 15 is 0 Å². The first kappa shape index (κ1) is 23.7. The third-order valence-electron chi connectivity index (χ3n) is 6.75. The van der Waals surface area contributed by atoms with Crippen LogP contribution in [-0.4, -0.2) is 36.7 Å². The zero-order valence-corrected chi connectivity index (χ0v) is 20.8. The van der Waals surface area contributed by atoms with Crippen LogP contribution >= 0.6 is 0 Å². The van der Waals surface area contributed by atoms with Gasteiger partial charge in [0.25, 0.3) is 5.91 Å². The lowest BCUT2D eigenvalue weighted by Gasteiger charge is -2.35. The van der Waals surface area contributed by atoms with Gasteiger partial charge in [0, 0.05) is 17.7 Å². The van der Waals surface area contributed by atoms with Gasteiger partial charge in [-0.05, 0) is 71.3 Å². The molecule has 0 fully saturated rings. The van der Waals surface area contributed by atoms with Crippen LogP contribution in [0.3, 0.4) is 0 Å². The second kappa shape index (κ2) is 9.05. The van der Waals surface area contributed by atoms with E-state index in [1.807, 2.05) is 36.1 Å². The summed E-state index contributed by atoms with van der Waals surface area (Å²) in [5.74, 6) is 1.26. The first-order valence-electron chi connectivity index (χ1n) is 11.6. The third-order valence-corrected chi connectivity index (χ3v) is 6.75. The zero-order chi connectivity index (χ0) is 24.6. The summed E-state index contributed by atoms with van der Waals surface area (Å²) in [4.78, 5) is 15.5. The molecule has 5 nitrogen and oxygen atoms in total. The Hall–Kier alpha value is -3.47. The molecule has 4 rings (SSSR count). The molecule has 3 aromatic rings. The van der Waals surface area contributed by atoms with E-state index in [4.69, 9.17) is 9.47 Å². The van der Waals surface area contributed by atoms with Crippen LogP contribution in [0.4, 0.5) is 0 Å². The van der Waals surface area contributed by atoms with E-state index in [0.717, 1.165) is 28.0 Å². The first-order valence-corrected chi connectivity index (χ1v) is 11.6. The number of aromatic hydroxyl groups is 1. The van der Waals surface area contributed by atoms with Crippen molar-refractivity contribution in [1.82, 2.24) is 4.90 Å². The molecule has 1 aliphatic heterocycles. The molecule has 0 bridgehead atoms. The Labute approximate surface area is 201 Å². The molecule has 1 aliphatic rings. The number of amides is 1. The molecule has 3 aromatic carbocycles. The lowest BCUT2D eigenvalue weighted by molar-refractivity contribution is 0.0677. The molecule has 1 heterocycles. The summed E-state index contributed by atoms with van der Waals surface area (Å²) in [5, 5.41) is 10.1. The number of hydrogen-bond acceptors (Lipinski definition) is 4. The van der Waals surface area contributed by atoms with Crippen molar-refractivity contribution >= 4 is 5.91 Å². The van der Waals surface area contributed by atoms with Crippen molar-refractivity contribution in [2.45, 2.75) is 45.6 Å². The minimum atomic E-state index is -0.137. The van der Waals surface area contributed by atoms with Crippen molar-refractivity contribution in [3.05, 3.63) is 76.9 Å². The smallest absolute Gasteiger partial charge is 0.254 e. The number of benzene rings is 3. The largest absolute Gasteiger partial charge is 0.504 e. The Balaban J connectivity index is 1.67. The fourth-order valence-electron chi connectivity index (χ4n) is 4.66. The Kier molecular flexibility index (Phi) is 6.30. The van der Waals surface area contributed by atoms with Gasteiger partial charge in [-0.25, -0.2) is 0 Å². The zero-order valence-electron chi connectivity index (χ0n) is 20.8. The molecule has 0 saturated heterocycles. The molecule has 1 amide bonds. The standard InChI is InChI=1S/C29H33NO4/c1-18-23-17-27(34-6)25(31)16-20(23)13-14-30(18)28(32)21-9-12-26(33-5)24(15-21)19-7-10-22(11-8-19)29(2,3)4/h7-12,15-18,31H,13-14H2,1-6H3. The van der Waals surface area contributed by atoms with E-state index in [2.05, 4.69) is 45.0 Å². The quantitative estimate of drug-likeness (QED) is 0.510. The average molecular weight is 460 g/mol. The highest BCUT2D eigenvalue weighted by Crippen LogP contribution is 2.39. The lowest BCUT2D eigenvalue weighted by atomic mass is 9.86. The molecule has 0 radical (unpaired) electrons. The van der Waals surface area contributed by atoms with Gasteiger partial charge in [-0.1, -0.05) is 45.0 Å². The molecule has 0 aliphatic carbocycles. The number of phenolic OH excluding ortho intramolecular Hbond substituents is 1. The Bertz CT molecular complexity index is 1210. The molecule has 0 saturated carbocycles. The van der Waals surface area contributed by atoms with E-state index in [9.17, 15) is 9.90 Å². The second-order valence-electron chi connectivity index (χ2n) is 9.89. The van der Waals surface area contributed by atoms with Gasteiger partial charge < -0.3 is 19.5 Å².